The van der Waals surface area contributed by atoms with E-state index in [1.54, 1.807) is 35.0 Å². The van der Waals surface area contributed by atoms with Gasteiger partial charge in [-0.05, 0) is 30.5 Å². The number of carbonyl (C=O) groups excluding carboxylic acids is 1. The minimum absolute atomic E-state index is 0.0461. The van der Waals surface area contributed by atoms with Gasteiger partial charge in [0.15, 0.2) is 0 Å². The summed E-state index contributed by atoms with van der Waals surface area (Å²) in [6.45, 7) is 2.78. The number of nitrogens with zero attached hydrogens (tertiary/aromatic N) is 3. The highest BCUT2D eigenvalue weighted by molar-refractivity contribution is 7.12. The normalized spacial score (nSPS) is 10.8. The van der Waals surface area contributed by atoms with E-state index in [1.807, 2.05) is 25.4 Å². The second-order valence-electron chi connectivity index (χ2n) is 6.11. The smallest absolute Gasteiger partial charge is 0.263 e. The van der Waals surface area contributed by atoms with Gasteiger partial charge in [-0.3, -0.25) is 9.48 Å². The molecule has 5 nitrogen and oxygen atoms in total. The van der Waals surface area contributed by atoms with Crippen LogP contribution in [0.25, 0.3) is 0 Å². The zero-order chi connectivity index (χ0) is 18.7. The summed E-state index contributed by atoms with van der Waals surface area (Å²) in [5, 5.41) is 6.09. The van der Waals surface area contributed by atoms with E-state index in [2.05, 4.69) is 5.10 Å². The van der Waals surface area contributed by atoms with Gasteiger partial charge < -0.3 is 9.64 Å². The van der Waals surface area contributed by atoms with Gasteiger partial charge in [0.05, 0.1) is 11.1 Å². The van der Waals surface area contributed by atoms with E-state index in [-0.39, 0.29) is 11.7 Å². The van der Waals surface area contributed by atoms with Crippen molar-refractivity contribution < 1.29 is 13.9 Å². The van der Waals surface area contributed by atoms with E-state index in [0.717, 1.165) is 16.8 Å². The maximum absolute atomic E-state index is 13.2. The molecule has 0 N–H and O–H groups in total. The Morgan fingerprint density at radius 2 is 2.19 bits per heavy atom. The number of aromatic nitrogens is 2. The van der Waals surface area contributed by atoms with Gasteiger partial charge in [-0.1, -0.05) is 6.07 Å². The van der Waals surface area contributed by atoms with E-state index < -0.39 is 0 Å². The summed E-state index contributed by atoms with van der Waals surface area (Å²) in [5.74, 6) is 0.0829. The molecule has 0 radical (unpaired) electrons. The zero-order valence-corrected chi connectivity index (χ0v) is 15.7. The highest BCUT2D eigenvalue weighted by Gasteiger charge is 2.16. The number of halogens is 1. The fourth-order valence-electron chi connectivity index (χ4n) is 2.50. The lowest BCUT2D eigenvalue weighted by atomic mass is 10.2. The van der Waals surface area contributed by atoms with Crippen LogP contribution in [0.2, 0.25) is 0 Å². The summed E-state index contributed by atoms with van der Waals surface area (Å²) in [6, 6.07) is 7.82. The van der Waals surface area contributed by atoms with Gasteiger partial charge in [-0.25, -0.2) is 4.39 Å². The fraction of sp³-hybridized carbons (Fsp3) is 0.263. The predicted octanol–water partition coefficient (Wildman–Crippen LogP) is 3.78. The van der Waals surface area contributed by atoms with Gasteiger partial charge in [0.25, 0.3) is 5.91 Å². The first kappa shape index (κ1) is 18.1. The Bertz CT molecular complexity index is 919. The van der Waals surface area contributed by atoms with Crippen molar-refractivity contribution >= 4 is 17.2 Å². The lowest BCUT2D eigenvalue weighted by Gasteiger charge is -2.15. The Labute approximate surface area is 155 Å². The number of aryl methyl sites for hydroxylation is 1. The minimum atomic E-state index is -0.337. The molecule has 3 rings (SSSR count). The first-order chi connectivity index (χ1) is 12.4. The van der Waals surface area contributed by atoms with Gasteiger partial charge in [0, 0.05) is 43.5 Å². The van der Waals surface area contributed by atoms with E-state index in [4.69, 9.17) is 4.74 Å². The maximum Gasteiger partial charge on any atom is 0.263 e. The Balaban J connectivity index is 1.61. The van der Waals surface area contributed by atoms with Gasteiger partial charge in [-0.15, -0.1) is 11.3 Å². The lowest BCUT2D eigenvalue weighted by molar-refractivity contribution is 0.0789. The summed E-state index contributed by atoms with van der Waals surface area (Å²) in [6.07, 6.45) is 1.78. The third-order valence-electron chi connectivity index (χ3n) is 4.16. The Kier molecular flexibility index (Phi) is 5.37. The van der Waals surface area contributed by atoms with Crippen LogP contribution in [0.4, 0.5) is 4.39 Å². The number of amides is 1. The van der Waals surface area contributed by atoms with E-state index in [1.165, 1.54) is 23.5 Å². The van der Waals surface area contributed by atoms with Crippen molar-refractivity contribution in [3.63, 3.8) is 0 Å². The number of thiophene rings is 1. The number of carbonyl (C=O) groups is 1. The van der Waals surface area contributed by atoms with Crippen molar-refractivity contribution in [1.29, 1.82) is 0 Å². The molecule has 3 aromatic rings. The molecule has 136 valence electrons. The second-order valence-corrected chi connectivity index (χ2v) is 7.02. The molecule has 0 spiro atoms. The summed E-state index contributed by atoms with van der Waals surface area (Å²) in [7, 11) is 3.65. The first-order valence-electron chi connectivity index (χ1n) is 8.12. The van der Waals surface area contributed by atoms with Crippen LogP contribution in [-0.4, -0.2) is 27.6 Å². The molecule has 0 aliphatic heterocycles. The number of benzene rings is 1. The number of rotatable bonds is 6. The van der Waals surface area contributed by atoms with Crippen LogP contribution < -0.4 is 4.74 Å². The highest BCUT2D eigenvalue weighted by atomic mass is 32.1. The molecule has 2 heterocycles. The SMILES string of the molecule is Cc1c(CN(C)C(=O)c2cc(COc3cccc(F)c3)cs2)cnn1C. The van der Waals surface area contributed by atoms with Crippen LogP contribution >= 0.6 is 11.3 Å². The summed E-state index contributed by atoms with van der Waals surface area (Å²) < 4.78 is 20.5. The Morgan fingerprint density at radius 3 is 2.88 bits per heavy atom. The average Bonchev–Trinajstić information content (AvgIpc) is 3.21. The molecule has 0 saturated carbocycles. The highest BCUT2D eigenvalue weighted by Crippen LogP contribution is 2.20. The second kappa shape index (κ2) is 7.70. The monoisotopic (exact) mass is 373 g/mol. The standard InChI is InChI=1S/C19H20FN3O2S/c1-13-15(9-21-23(13)3)10-22(2)19(24)18-7-14(12-26-18)11-25-17-6-4-5-16(20)8-17/h4-9,12H,10-11H2,1-3H3. The zero-order valence-electron chi connectivity index (χ0n) is 14.9. The van der Waals surface area contributed by atoms with Crippen LogP contribution in [0.5, 0.6) is 5.75 Å². The summed E-state index contributed by atoms with van der Waals surface area (Å²) >= 11 is 1.38. The van der Waals surface area contributed by atoms with Crippen molar-refractivity contribution in [3.8, 4) is 5.75 Å². The molecule has 7 heteroatoms. The van der Waals surface area contributed by atoms with Crippen LogP contribution in [0, 0.1) is 12.7 Å². The molecule has 0 unspecified atom stereocenters. The van der Waals surface area contributed by atoms with Crippen molar-refractivity contribution in [2.75, 3.05) is 7.05 Å². The van der Waals surface area contributed by atoms with Crippen LogP contribution in [0.3, 0.4) is 0 Å². The largest absolute Gasteiger partial charge is 0.489 e. The molecule has 1 aromatic carbocycles. The summed E-state index contributed by atoms with van der Waals surface area (Å²) in [5.41, 5.74) is 2.95. The molecule has 2 aromatic heterocycles. The van der Waals surface area contributed by atoms with Gasteiger partial charge in [-0.2, -0.15) is 5.10 Å². The van der Waals surface area contributed by atoms with Crippen molar-refractivity contribution in [3.05, 3.63) is 69.4 Å². The number of ether oxygens (including phenoxy) is 1. The third-order valence-corrected chi connectivity index (χ3v) is 5.12. The molecule has 0 saturated heterocycles. The summed E-state index contributed by atoms with van der Waals surface area (Å²) in [4.78, 5) is 14.9. The number of hydrogen-bond acceptors (Lipinski definition) is 4. The van der Waals surface area contributed by atoms with Crippen molar-refractivity contribution in [2.45, 2.75) is 20.1 Å². The molecule has 0 atom stereocenters. The van der Waals surface area contributed by atoms with E-state index in [9.17, 15) is 9.18 Å². The van der Waals surface area contributed by atoms with Gasteiger partial charge >= 0.3 is 0 Å². The van der Waals surface area contributed by atoms with Crippen LogP contribution in [0.15, 0.2) is 41.9 Å². The lowest BCUT2D eigenvalue weighted by Crippen LogP contribution is -2.25. The third kappa shape index (κ3) is 4.11. The maximum atomic E-state index is 13.2. The van der Waals surface area contributed by atoms with Crippen LogP contribution in [-0.2, 0) is 20.2 Å². The average molecular weight is 373 g/mol. The van der Waals surface area contributed by atoms with Crippen LogP contribution in [0.1, 0.15) is 26.5 Å². The van der Waals surface area contributed by atoms with E-state index in [0.29, 0.717) is 23.8 Å². The minimum Gasteiger partial charge on any atom is -0.489 e. The van der Waals surface area contributed by atoms with E-state index >= 15 is 0 Å². The van der Waals surface area contributed by atoms with Gasteiger partial charge in [0.2, 0.25) is 0 Å². The molecule has 0 bridgehead atoms. The molecule has 0 aliphatic rings. The number of hydrogen-bond donors (Lipinski definition) is 0. The molecule has 1 amide bonds. The van der Waals surface area contributed by atoms with Crippen molar-refractivity contribution in [2.24, 2.45) is 7.05 Å². The van der Waals surface area contributed by atoms with Gasteiger partial charge in [0.1, 0.15) is 18.2 Å². The molecular formula is C19H20FN3O2S. The Morgan fingerprint density at radius 1 is 1.38 bits per heavy atom. The topological polar surface area (TPSA) is 47.4 Å². The quantitative estimate of drug-likeness (QED) is 0.661. The molecular weight excluding hydrogens is 353 g/mol. The fourth-order valence-corrected chi connectivity index (χ4v) is 3.39. The van der Waals surface area contributed by atoms with Crippen molar-refractivity contribution in [1.82, 2.24) is 14.7 Å². The first-order valence-corrected chi connectivity index (χ1v) is 9.00. The molecule has 0 aliphatic carbocycles. The molecule has 0 fully saturated rings. The predicted molar refractivity (Wildman–Crippen MR) is 98.8 cm³/mol. The molecule has 26 heavy (non-hydrogen) atoms. The Hall–Kier alpha value is -2.67.